The van der Waals surface area contributed by atoms with Gasteiger partial charge in [-0.2, -0.15) is 5.26 Å². The van der Waals surface area contributed by atoms with Crippen molar-refractivity contribution in [3.8, 4) is 11.8 Å². The van der Waals surface area contributed by atoms with Gasteiger partial charge in [-0.1, -0.05) is 18.2 Å². The summed E-state index contributed by atoms with van der Waals surface area (Å²) in [5.41, 5.74) is 1.34. The van der Waals surface area contributed by atoms with Crippen molar-refractivity contribution in [3.05, 3.63) is 29.8 Å². The van der Waals surface area contributed by atoms with Gasteiger partial charge in [0.05, 0.1) is 13.2 Å². The first-order valence-corrected chi connectivity index (χ1v) is 7.07. The molecule has 2 rings (SSSR count). The summed E-state index contributed by atoms with van der Waals surface area (Å²) in [6, 6.07) is 10.6. The fourth-order valence-electron chi connectivity index (χ4n) is 2.83. The third-order valence-electron chi connectivity index (χ3n) is 3.86. The Balaban J connectivity index is 1.86. The van der Waals surface area contributed by atoms with Gasteiger partial charge in [0.25, 0.3) is 0 Å². The number of unbranched alkanes of at least 4 members (excludes halogenated alkanes) is 2. The van der Waals surface area contributed by atoms with E-state index in [1.807, 2.05) is 12.1 Å². The molecule has 0 radical (unpaired) electrons. The van der Waals surface area contributed by atoms with Crippen LogP contribution in [0.3, 0.4) is 0 Å². The first kappa shape index (κ1) is 13.9. The lowest BCUT2D eigenvalue weighted by Crippen LogP contribution is -2.21. The van der Waals surface area contributed by atoms with Gasteiger partial charge >= 0.3 is 0 Å². The number of nitriles is 1. The Morgan fingerprint density at radius 2 is 2.21 bits per heavy atom. The zero-order valence-corrected chi connectivity index (χ0v) is 11.6. The molecule has 1 atom stereocenters. The van der Waals surface area contributed by atoms with Gasteiger partial charge < -0.3 is 9.64 Å². The first-order valence-electron chi connectivity index (χ1n) is 7.07. The molecule has 3 heteroatoms. The number of hydrogen-bond acceptors (Lipinski definition) is 3. The predicted molar refractivity (Wildman–Crippen MR) is 76.3 cm³/mol. The van der Waals surface area contributed by atoms with Gasteiger partial charge in [-0.05, 0) is 44.0 Å². The van der Waals surface area contributed by atoms with Crippen molar-refractivity contribution in [3.63, 3.8) is 0 Å². The van der Waals surface area contributed by atoms with Crippen molar-refractivity contribution in [2.75, 3.05) is 26.7 Å². The van der Waals surface area contributed by atoms with Crippen LogP contribution in [0.25, 0.3) is 0 Å². The Bertz CT molecular complexity index is 439. The Labute approximate surface area is 115 Å². The van der Waals surface area contributed by atoms with Crippen molar-refractivity contribution >= 4 is 0 Å². The number of likely N-dealkylation sites (tertiary alicyclic amines) is 1. The van der Waals surface area contributed by atoms with Crippen LogP contribution in [-0.4, -0.2) is 31.6 Å². The molecule has 1 fully saturated rings. The standard InChI is InChI=1S/C16H22N2O/c1-19-16-8-4-3-7-15(16)14-9-12-18(13-14)11-6-2-5-10-17/h3-4,7-8,14H,2,5-6,9,11-13H2,1H3/t14-/m0/s1. The summed E-state index contributed by atoms with van der Waals surface area (Å²) < 4.78 is 5.45. The average molecular weight is 258 g/mol. The number of ether oxygens (including phenoxy) is 1. The summed E-state index contributed by atoms with van der Waals surface area (Å²) in [6.07, 6.45) is 4.04. The van der Waals surface area contributed by atoms with E-state index in [9.17, 15) is 0 Å². The summed E-state index contributed by atoms with van der Waals surface area (Å²) in [5.74, 6) is 1.60. The molecule has 0 aliphatic carbocycles. The van der Waals surface area contributed by atoms with E-state index in [0.29, 0.717) is 12.3 Å². The minimum Gasteiger partial charge on any atom is -0.496 e. The summed E-state index contributed by atoms with van der Waals surface area (Å²) in [6.45, 7) is 3.40. The molecule has 0 unspecified atom stereocenters. The molecule has 102 valence electrons. The quantitative estimate of drug-likeness (QED) is 0.735. The summed E-state index contributed by atoms with van der Waals surface area (Å²) >= 11 is 0. The van der Waals surface area contributed by atoms with Crippen LogP contribution in [0.1, 0.15) is 37.2 Å². The van der Waals surface area contributed by atoms with Crippen molar-refractivity contribution in [1.29, 1.82) is 5.26 Å². The second-order valence-electron chi connectivity index (χ2n) is 5.14. The maximum absolute atomic E-state index is 8.53. The van der Waals surface area contributed by atoms with E-state index in [0.717, 1.165) is 38.2 Å². The highest BCUT2D eigenvalue weighted by atomic mass is 16.5. The molecule has 1 heterocycles. The van der Waals surface area contributed by atoms with Crippen LogP contribution >= 0.6 is 0 Å². The fraction of sp³-hybridized carbons (Fsp3) is 0.562. The van der Waals surface area contributed by atoms with Crippen LogP contribution in [0.5, 0.6) is 5.75 Å². The molecule has 1 aromatic carbocycles. The van der Waals surface area contributed by atoms with Crippen LogP contribution in [0, 0.1) is 11.3 Å². The van der Waals surface area contributed by atoms with E-state index in [1.165, 1.54) is 12.0 Å². The molecule has 1 aliphatic heterocycles. The van der Waals surface area contributed by atoms with Crippen LogP contribution in [0.4, 0.5) is 0 Å². The maximum Gasteiger partial charge on any atom is 0.122 e. The number of benzene rings is 1. The summed E-state index contributed by atoms with van der Waals surface area (Å²) in [5, 5.41) is 8.53. The molecule has 1 saturated heterocycles. The fourth-order valence-corrected chi connectivity index (χ4v) is 2.83. The van der Waals surface area contributed by atoms with Crippen molar-refractivity contribution in [1.82, 2.24) is 4.90 Å². The zero-order chi connectivity index (χ0) is 13.5. The lowest BCUT2D eigenvalue weighted by molar-refractivity contribution is 0.325. The number of para-hydroxylation sites is 1. The van der Waals surface area contributed by atoms with E-state index in [-0.39, 0.29) is 0 Å². The molecule has 0 spiro atoms. The van der Waals surface area contributed by atoms with Crippen LogP contribution in [0.2, 0.25) is 0 Å². The molecule has 0 aromatic heterocycles. The summed E-state index contributed by atoms with van der Waals surface area (Å²) in [4.78, 5) is 2.51. The highest BCUT2D eigenvalue weighted by Gasteiger charge is 2.25. The minimum atomic E-state index is 0.590. The normalized spacial score (nSPS) is 19.3. The lowest BCUT2D eigenvalue weighted by Gasteiger charge is -2.17. The van der Waals surface area contributed by atoms with Crippen LogP contribution in [0.15, 0.2) is 24.3 Å². The van der Waals surface area contributed by atoms with E-state index in [2.05, 4.69) is 23.1 Å². The molecule has 1 aromatic rings. The molecular weight excluding hydrogens is 236 g/mol. The Kier molecular flexibility index (Phi) is 5.23. The van der Waals surface area contributed by atoms with Gasteiger partial charge in [-0.25, -0.2) is 0 Å². The predicted octanol–water partition coefficient (Wildman–Crippen LogP) is 3.18. The van der Waals surface area contributed by atoms with Gasteiger partial charge in [0.2, 0.25) is 0 Å². The van der Waals surface area contributed by atoms with Gasteiger partial charge in [0.1, 0.15) is 5.75 Å². The van der Waals surface area contributed by atoms with Gasteiger partial charge in [0, 0.05) is 18.9 Å². The first-order chi connectivity index (χ1) is 9.35. The van der Waals surface area contributed by atoms with Crippen molar-refractivity contribution in [2.24, 2.45) is 0 Å². The third-order valence-corrected chi connectivity index (χ3v) is 3.86. The van der Waals surface area contributed by atoms with Gasteiger partial charge in [-0.3, -0.25) is 0 Å². The molecule has 0 amide bonds. The SMILES string of the molecule is COc1ccccc1[C@H]1CCN(CCCCC#N)C1. The van der Waals surface area contributed by atoms with E-state index >= 15 is 0 Å². The monoisotopic (exact) mass is 258 g/mol. The Hall–Kier alpha value is -1.53. The van der Waals surface area contributed by atoms with Gasteiger partial charge in [-0.15, -0.1) is 0 Å². The Morgan fingerprint density at radius 1 is 1.37 bits per heavy atom. The average Bonchev–Trinajstić information content (AvgIpc) is 2.92. The minimum absolute atomic E-state index is 0.590. The number of methoxy groups -OCH3 is 1. The smallest absolute Gasteiger partial charge is 0.122 e. The Morgan fingerprint density at radius 3 is 3.00 bits per heavy atom. The third kappa shape index (κ3) is 3.71. The highest BCUT2D eigenvalue weighted by molar-refractivity contribution is 5.36. The second-order valence-corrected chi connectivity index (χ2v) is 5.14. The van der Waals surface area contributed by atoms with Crippen LogP contribution in [-0.2, 0) is 0 Å². The largest absolute Gasteiger partial charge is 0.496 e. The number of nitrogens with zero attached hydrogens (tertiary/aromatic N) is 2. The molecule has 3 nitrogen and oxygen atoms in total. The number of rotatable bonds is 6. The summed E-state index contributed by atoms with van der Waals surface area (Å²) in [7, 11) is 1.74. The zero-order valence-electron chi connectivity index (χ0n) is 11.6. The molecule has 0 saturated carbocycles. The topological polar surface area (TPSA) is 36.3 Å². The van der Waals surface area contributed by atoms with E-state index in [1.54, 1.807) is 7.11 Å². The molecular formula is C16H22N2O. The molecule has 1 aliphatic rings. The van der Waals surface area contributed by atoms with Gasteiger partial charge in [0.15, 0.2) is 0 Å². The molecule has 19 heavy (non-hydrogen) atoms. The van der Waals surface area contributed by atoms with Crippen molar-refractivity contribution in [2.45, 2.75) is 31.6 Å². The molecule has 0 bridgehead atoms. The lowest BCUT2D eigenvalue weighted by atomic mass is 9.97. The highest BCUT2D eigenvalue weighted by Crippen LogP contribution is 2.33. The van der Waals surface area contributed by atoms with E-state index < -0.39 is 0 Å². The second kappa shape index (κ2) is 7.16. The molecule has 0 N–H and O–H groups in total. The van der Waals surface area contributed by atoms with Crippen LogP contribution < -0.4 is 4.74 Å². The number of hydrogen-bond donors (Lipinski definition) is 0. The van der Waals surface area contributed by atoms with Crippen molar-refractivity contribution < 1.29 is 4.74 Å². The van der Waals surface area contributed by atoms with E-state index in [4.69, 9.17) is 10.00 Å². The maximum atomic E-state index is 8.53.